The summed E-state index contributed by atoms with van der Waals surface area (Å²) in [7, 11) is 0. The van der Waals surface area contributed by atoms with Gasteiger partial charge in [-0.1, -0.05) is 6.92 Å². The lowest BCUT2D eigenvalue weighted by atomic mass is 10.3. The molecular weight excluding hydrogens is 310 g/mol. The fourth-order valence-corrected chi connectivity index (χ4v) is 2.96. The highest BCUT2D eigenvalue weighted by Crippen LogP contribution is 2.23. The van der Waals surface area contributed by atoms with E-state index in [2.05, 4.69) is 56.7 Å². The Balaban J connectivity index is 1.92. The Hall–Kier alpha value is -1.07. The Bertz CT molecular complexity index is 498. The molecule has 0 aliphatic heterocycles. The SMILES string of the molecule is CCCNc1cncc(NCc2ccc(Br)s2)c1. The van der Waals surface area contributed by atoms with Gasteiger partial charge >= 0.3 is 0 Å². The average molecular weight is 326 g/mol. The van der Waals surface area contributed by atoms with Crippen LogP contribution in [0.25, 0.3) is 0 Å². The molecule has 2 rings (SSSR count). The second kappa shape index (κ2) is 6.75. The van der Waals surface area contributed by atoms with Crippen LogP contribution in [0.4, 0.5) is 11.4 Å². The molecule has 2 heterocycles. The van der Waals surface area contributed by atoms with E-state index in [1.54, 1.807) is 11.3 Å². The number of thiophene rings is 1. The Morgan fingerprint density at radius 3 is 2.67 bits per heavy atom. The van der Waals surface area contributed by atoms with Crippen molar-refractivity contribution in [2.75, 3.05) is 17.2 Å². The van der Waals surface area contributed by atoms with Crippen LogP contribution in [0.1, 0.15) is 18.2 Å². The molecule has 0 fully saturated rings. The molecule has 5 heteroatoms. The predicted octanol–water partition coefficient (Wildman–Crippen LogP) is 4.34. The van der Waals surface area contributed by atoms with Crippen molar-refractivity contribution >= 4 is 38.6 Å². The van der Waals surface area contributed by atoms with Gasteiger partial charge in [-0.2, -0.15) is 0 Å². The molecule has 0 aromatic carbocycles. The first-order valence-corrected chi connectivity index (χ1v) is 7.56. The van der Waals surface area contributed by atoms with Gasteiger partial charge in [-0.25, -0.2) is 0 Å². The fourth-order valence-electron chi connectivity index (χ4n) is 1.54. The van der Waals surface area contributed by atoms with Gasteiger partial charge in [-0.15, -0.1) is 11.3 Å². The summed E-state index contributed by atoms with van der Waals surface area (Å²) < 4.78 is 1.16. The smallest absolute Gasteiger partial charge is 0.0702 e. The number of hydrogen-bond donors (Lipinski definition) is 2. The van der Waals surface area contributed by atoms with Gasteiger partial charge in [0, 0.05) is 18.0 Å². The van der Waals surface area contributed by atoms with Crippen LogP contribution in [0, 0.1) is 0 Å². The number of pyridine rings is 1. The van der Waals surface area contributed by atoms with Gasteiger partial charge in [-0.3, -0.25) is 4.98 Å². The second-order valence-electron chi connectivity index (χ2n) is 3.95. The molecule has 0 saturated carbocycles. The zero-order valence-corrected chi connectivity index (χ0v) is 12.6. The zero-order chi connectivity index (χ0) is 12.8. The first kappa shape index (κ1) is 13.4. The molecule has 0 aliphatic rings. The van der Waals surface area contributed by atoms with Crippen molar-refractivity contribution in [2.24, 2.45) is 0 Å². The lowest BCUT2D eigenvalue weighted by Gasteiger charge is -2.08. The minimum atomic E-state index is 0.829. The summed E-state index contributed by atoms with van der Waals surface area (Å²) in [5.74, 6) is 0. The van der Waals surface area contributed by atoms with E-state index in [0.29, 0.717) is 0 Å². The Morgan fingerprint density at radius 1 is 1.22 bits per heavy atom. The molecule has 3 nitrogen and oxygen atoms in total. The van der Waals surface area contributed by atoms with E-state index in [0.717, 1.165) is 34.7 Å². The molecule has 2 aromatic rings. The molecule has 18 heavy (non-hydrogen) atoms. The Labute approximate surface area is 120 Å². The van der Waals surface area contributed by atoms with Crippen molar-refractivity contribution in [1.29, 1.82) is 0 Å². The van der Waals surface area contributed by atoms with Gasteiger partial charge < -0.3 is 10.6 Å². The molecule has 0 atom stereocenters. The second-order valence-corrected chi connectivity index (χ2v) is 6.50. The van der Waals surface area contributed by atoms with Crippen LogP contribution in [0.2, 0.25) is 0 Å². The van der Waals surface area contributed by atoms with Gasteiger partial charge in [0.25, 0.3) is 0 Å². The number of rotatable bonds is 6. The average Bonchev–Trinajstić information content (AvgIpc) is 2.80. The molecular formula is C13H16BrN3S. The highest BCUT2D eigenvalue weighted by Gasteiger charge is 1.99. The quantitative estimate of drug-likeness (QED) is 0.829. The van der Waals surface area contributed by atoms with Crippen LogP contribution in [0.15, 0.2) is 34.4 Å². The minimum Gasteiger partial charge on any atom is -0.384 e. The third-order valence-electron chi connectivity index (χ3n) is 2.41. The molecule has 0 spiro atoms. The van der Waals surface area contributed by atoms with Crippen LogP contribution in [0.5, 0.6) is 0 Å². The summed E-state index contributed by atoms with van der Waals surface area (Å²) in [5, 5.41) is 6.71. The van der Waals surface area contributed by atoms with E-state index < -0.39 is 0 Å². The highest BCUT2D eigenvalue weighted by molar-refractivity contribution is 9.11. The minimum absolute atomic E-state index is 0.829. The first-order valence-electron chi connectivity index (χ1n) is 5.95. The fraction of sp³-hybridized carbons (Fsp3) is 0.308. The van der Waals surface area contributed by atoms with Gasteiger partial charge in [0.05, 0.1) is 27.6 Å². The molecule has 0 saturated heterocycles. The predicted molar refractivity (Wildman–Crippen MR) is 82.4 cm³/mol. The van der Waals surface area contributed by atoms with E-state index >= 15 is 0 Å². The molecule has 0 unspecified atom stereocenters. The first-order chi connectivity index (χ1) is 8.78. The number of nitrogens with one attached hydrogen (secondary N) is 2. The zero-order valence-electron chi connectivity index (χ0n) is 10.2. The third kappa shape index (κ3) is 3.99. The van der Waals surface area contributed by atoms with Crippen molar-refractivity contribution in [3.8, 4) is 0 Å². The monoisotopic (exact) mass is 325 g/mol. The largest absolute Gasteiger partial charge is 0.384 e. The molecule has 2 aromatic heterocycles. The maximum atomic E-state index is 4.22. The molecule has 0 bridgehead atoms. The summed E-state index contributed by atoms with van der Waals surface area (Å²) in [4.78, 5) is 5.52. The van der Waals surface area contributed by atoms with E-state index in [1.165, 1.54) is 4.88 Å². The molecule has 96 valence electrons. The number of anilines is 2. The van der Waals surface area contributed by atoms with Gasteiger partial charge in [-0.05, 0) is 40.5 Å². The van der Waals surface area contributed by atoms with Crippen LogP contribution < -0.4 is 10.6 Å². The summed E-state index contributed by atoms with van der Waals surface area (Å²) in [6.45, 7) is 3.95. The lowest BCUT2D eigenvalue weighted by molar-refractivity contribution is 0.977. The van der Waals surface area contributed by atoms with Crippen LogP contribution in [-0.4, -0.2) is 11.5 Å². The van der Waals surface area contributed by atoms with Crippen molar-refractivity contribution in [1.82, 2.24) is 4.98 Å². The van der Waals surface area contributed by atoms with Crippen molar-refractivity contribution < 1.29 is 0 Å². The summed E-state index contributed by atoms with van der Waals surface area (Å²) in [5.41, 5.74) is 2.11. The molecule has 0 aliphatic carbocycles. The van der Waals surface area contributed by atoms with E-state index in [1.807, 2.05) is 12.4 Å². The van der Waals surface area contributed by atoms with Gasteiger partial charge in [0.1, 0.15) is 0 Å². The number of hydrogen-bond acceptors (Lipinski definition) is 4. The molecule has 2 N–H and O–H groups in total. The molecule has 0 radical (unpaired) electrons. The third-order valence-corrected chi connectivity index (χ3v) is 4.04. The topological polar surface area (TPSA) is 37.0 Å². The van der Waals surface area contributed by atoms with Crippen molar-refractivity contribution in [3.63, 3.8) is 0 Å². The van der Waals surface area contributed by atoms with Crippen molar-refractivity contribution in [2.45, 2.75) is 19.9 Å². The van der Waals surface area contributed by atoms with Gasteiger partial charge in [0.15, 0.2) is 0 Å². The van der Waals surface area contributed by atoms with Gasteiger partial charge in [0.2, 0.25) is 0 Å². The van der Waals surface area contributed by atoms with E-state index in [4.69, 9.17) is 0 Å². The van der Waals surface area contributed by atoms with Crippen LogP contribution >= 0.6 is 27.3 Å². The summed E-state index contributed by atoms with van der Waals surface area (Å²) in [6, 6.07) is 6.28. The van der Waals surface area contributed by atoms with E-state index in [9.17, 15) is 0 Å². The number of aromatic nitrogens is 1. The van der Waals surface area contributed by atoms with Crippen LogP contribution in [0.3, 0.4) is 0 Å². The van der Waals surface area contributed by atoms with E-state index in [-0.39, 0.29) is 0 Å². The lowest BCUT2D eigenvalue weighted by Crippen LogP contribution is -2.02. The Morgan fingerprint density at radius 2 is 2.00 bits per heavy atom. The van der Waals surface area contributed by atoms with Crippen molar-refractivity contribution in [3.05, 3.63) is 39.3 Å². The molecule has 0 amide bonds. The standard InChI is InChI=1S/C13H16BrN3S/c1-2-5-16-10-6-11(8-15-7-10)17-9-12-3-4-13(14)18-12/h3-4,6-8,16-17H,2,5,9H2,1H3. The number of nitrogens with zero attached hydrogens (tertiary/aromatic N) is 1. The van der Waals surface area contributed by atoms with Crippen LogP contribution in [-0.2, 0) is 6.54 Å². The summed E-state index contributed by atoms with van der Waals surface area (Å²) in [6.07, 6.45) is 4.81. The number of halogens is 1. The Kier molecular flexibility index (Phi) is 5.01. The normalized spacial score (nSPS) is 10.3. The maximum absolute atomic E-state index is 4.22. The maximum Gasteiger partial charge on any atom is 0.0702 e. The summed E-state index contributed by atoms with van der Waals surface area (Å²) >= 11 is 5.21. The highest BCUT2D eigenvalue weighted by atomic mass is 79.9.